The molecule has 0 heterocycles. The van der Waals surface area contributed by atoms with E-state index in [2.05, 4.69) is 31.2 Å². The van der Waals surface area contributed by atoms with E-state index in [0.717, 1.165) is 6.34 Å². The summed E-state index contributed by atoms with van der Waals surface area (Å²) in [5.41, 5.74) is 5.68. The van der Waals surface area contributed by atoms with E-state index in [1.807, 2.05) is 0 Å². The van der Waals surface area contributed by atoms with Gasteiger partial charge < -0.3 is 11.1 Å². The molecule has 0 aromatic heterocycles. The van der Waals surface area contributed by atoms with Crippen molar-refractivity contribution in [3.8, 4) is 0 Å². The predicted octanol–water partition coefficient (Wildman–Crippen LogP) is 1.97. The lowest BCUT2D eigenvalue weighted by Gasteiger charge is -2.05. The monoisotopic (exact) mass is 272 g/mol. The van der Waals surface area contributed by atoms with E-state index in [0.29, 0.717) is 16.1 Å². The summed E-state index contributed by atoms with van der Waals surface area (Å²) in [6, 6.07) is 4.63. The lowest BCUT2D eigenvalue weighted by molar-refractivity contribution is 0.622. The molecule has 0 saturated carbocycles. The van der Waals surface area contributed by atoms with Crippen molar-refractivity contribution in [2.24, 2.45) is 15.7 Å². The Morgan fingerprint density at radius 3 is 2.87 bits per heavy atom. The van der Waals surface area contributed by atoms with E-state index in [-0.39, 0.29) is 5.82 Å². The quantitative estimate of drug-likeness (QED) is 0.607. The molecular formula is C9H10BrFN4. The molecule has 0 aliphatic heterocycles. The highest BCUT2D eigenvalue weighted by molar-refractivity contribution is 9.10. The molecule has 1 aromatic rings. The number of halogens is 2. The number of hydrogen-bond acceptors (Lipinski definition) is 1. The molecule has 0 aliphatic carbocycles. The van der Waals surface area contributed by atoms with Crippen LogP contribution in [0.4, 0.5) is 10.1 Å². The number of guanidine groups is 1. The van der Waals surface area contributed by atoms with Gasteiger partial charge in [0.25, 0.3) is 0 Å². The maximum Gasteiger partial charge on any atom is 0.223 e. The third-order valence-electron chi connectivity index (χ3n) is 1.58. The Labute approximate surface area is 95.2 Å². The number of nitrogens with two attached hydrogens (primary N) is 1. The number of anilines is 1. The normalized spacial score (nSPS) is 12.1. The van der Waals surface area contributed by atoms with E-state index >= 15 is 0 Å². The Morgan fingerprint density at radius 1 is 1.60 bits per heavy atom. The summed E-state index contributed by atoms with van der Waals surface area (Å²) in [6.45, 7) is 0. The molecule has 0 spiro atoms. The van der Waals surface area contributed by atoms with Gasteiger partial charge in [-0.25, -0.2) is 9.38 Å². The summed E-state index contributed by atoms with van der Waals surface area (Å²) in [7, 11) is 1.56. The fraction of sp³-hybridized carbons (Fsp3) is 0.111. The second-order valence-electron chi connectivity index (χ2n) is 2.58. The highest BCUT2D eigenvalue weighted by atomic mass is 79.9. The smallest absolute Gasteiger partial charge is 0.223 e. The third kappa shape index (κ3) is 3.32. The predicted molar refractivity (Wildman–Crippen MR) is 63.8 cm³/mol. The molecule has 0 saturated heterocycles. The number of rotatable bonds is 1. The second-order valence-corrected chi connectivity index (χ2v) is 3.43. The number of hydrogen-bond donors (Lipinski definition) is 2. The van der Waals surface area contributed by atoms with Gasteiger partial charge in [0.15, 0.2) is 0 Å². The minimum absolute atomic E-state index is 0.319. The lowest BCUT2D eigenvalue weighted by atomic mass is 10.3. The molecule has 0 amide bonds. The number of nitrogens with one attached hydrogen (secondary N) is 1. The van der Waals surface area contributed by atoms with Crippen molar-refractivity contribution in [2.75, 3.05) is 12.4 Å². The SMILES string of the molecule is C/N=C(\N=C\N)Nc1ccc(Br)c(F)c1. The Hall–Kier alpha value is -1.43. The topological polar surface area (TPSA) is 62.8 Å². The van der Waals surface area contributed by atoms with Gasteiger partial charge >= 0.3 is 0 Å². The first-order valence-corrected chi connectivity index (χ1v) is 4.89. The molecular weight excluding hydrogens is 263 g/mol. The molecule has 0 atom stereocenters. The van der Waals surface area contributed by atoms with E-state index in [4.69, 9.17) is 5.73 Å². The van der Waals surface area contributed by atoms with Crippen molar-refractivity contribution in [1.82, 2.24) is 0 Å². The van der Waals surface area contributed by atoms with E-state index < -0.39 is 0 Å². The van der Waals surface area contributed by atoms with Crippen molar-refractivity contribution >= 4 is 33.9 Å². The minimum Gasteiger partial charge on any atom is -0.390 e. The maximum absolute atomic E-state index is 13.1. The first-order valence-electron chi connectivity index (χ1n) is 4.10. The van der Waals surface area contributed by atoms with Gasteiger partial charge in [-0.3, -0.25) is 4.99 Å². The van der Waals surface area contributed by atoms with Gasteiger partial charge in [-0.05, 0) is 34.1 Å². The van der Waals surface area contributed by atoms with Gasteiger partial charge in [0.1, 0.15) is 5.82 Å². The summed E-state index contributed by atoms with van der Waals surface area (Å²) in [4.78, 5) is 7.57. The van der Waals surface area contributed by atoms with Gasteiger partial charge in [-0.15, -0.1) is 0 Å². The van der Waals surface area contributed by atoms with Crippen molar-refractivity contribution in [2.45, 2.75) is 0 Å². The fourth-order valence-corrected chi connectivity index (χ4v) is 1.17. The van der Waals surface area contributed by atoms with E-state index in [1.165, 1.54) is 6.07 Å². The van der Waals surface area contributed by atoms with Gasteiger partial charge in [0, 0.05) is 12.7 Å². The molecule has 15 heavy (non-hydrogen) atoms. The van der Waals surface area contributed by atoms with Crippen molar-refractivity contribution < 1.29 is 4.39 Å². The van der Waals surface area contributed by atoms with Crippen LogP contribution in [-0.2, 0) is 0 Å². The molecule has 6 heteroatoms. The van der Waals surface area contributed by atoms with E-state index in [1.54, 1.807) is 19.2 Å². The Morgan fingerprint density at radius 2 is 2.33 bits per heavy atom. The fourth-order valence-electron chi connectivity index (χ4n) is 0.919. The van der Waals surface area contributed by atoms with E-state index in [9.17, 15) is 4.39 Å². The average Bonchev–Trinajstić information content (AvgIpc) is 2.23. The molecule has 3 N–H and O–H groups in total. The first-order chi connectivity index (χ1) is 7.17. The maximum atomic E-state index is 13.1. The van der Waals surface area contributed by atoms with Crippen LogP contribution in [0.1, 0.15) is 0 Å². The Bertz CT molecular complexity index is 403. The van der Waals surface area contributed by atoms with Crippen LogP contribution >= 0.6 is 15.9 Å². The molecule has 0 aliphatic rings. The summed E-state index contributed by atoms with van der Waals surface area (Å²) in [5, 5.41) is 2.81. The summed E-state index contributed by atoms with van der Waals surface area (Å²) in [6.07, 6.45) is 1.12. The zero-order chi connectivity index (χ0) is 11.3. The zero-order valence-corrected chi connectivity index (χ0v) is 9.62. The molecule has 0 unspecified atom stereocenters. The Balaban J connectivity index is 2.85. The van der Waals surface area contributed by atoms with Crippen molar-refractivity contribution in [1.29, 1.82) is 0 Å². The molecule has 1 aromatic carbocycles. The van der Waals surface area contributed by atoms with Crippen LogP contribution in [0.2, 0.25) is 0 Å². The number of nitrogens with zero attached hydrogens (tertiary/aromatic N) is 2. The van der Waals surface area contributed by atoms with Gasteiger partial charge in [-0.1, -0.05) is 0 Å². The summed E-state index contributed by atoms with van der Waals surface area (Å²) >= 11 is 3.06. The van der Waals surface area contributed by atoms with Crippen LogP contribution in [0.25, 0.3) is 0 Å². The molecule has 0 bridgehead atoms. The highest BCUT2D eigenvalue weighted by Gasteiger charge is 2.01. The standard InChI is InChI=1S/C9H10BrFN4/c1-13-9(14-5-12)15-6-2-3-7(10)8(11)4-6/h2-5H,1H3,(H3,12,13,14,15). The van der Waals surface area contributed by atoms with Gasteiger partial charge in [0.2, 0.25) is 5.96 Å². The van der Waals surface area contributed by atoms with Crippen LogP contribution in [-0.4, -0.2) is 19.3 Å². The number of benzene rings is 1. The number of aliphatic imine (C=N–C) groups is 2. The van der Waals surface area contributed by atoms with Crippen LogP contribution < -0.4 is 11.1 Å². The zero-order valence-electron chi connectivity index (χ0n) is 8.04. The summed E-state index contributed by atoms with van der Waals surface area (Å²) < 4.78 is 13.5. The van der Waals surface area contributed by atoms with Crippen LogP contribution in [0, 0.1) is 5.82 Å². The van der Waals surface area contributed by atoms with Gasteiger partial charge in [0.05, 0.1) is 10.8 Å². The molecule has 0 radical (unpaired) electrons. The minimum atomic E-state index is -0.354. The van der Waals surface area contributed by atoms with Crippen LogP contribution in [0.15, 0.2) is 32.7 Å². The second kappa shape index (κ2) is 5.45. The molecule has 80 valence electrons. The third-order valence-corrected chi connectivity index (χ3v) is 2.23. The Kier molecular flexibility index (Phi) is 4.23. The first kappa shape index (κ1) is 11.6. The largest absolute Gasteiger partial charge is 0.390 e. The highest BCUT2D eigenvalue weighted by Crippen LogP contribution is 2.19. The van der Waals surface area contributed by atoms with Crippen LogP contribution in [0.3, 0.4) is 0 Å². The van der Waals surface area contributed by atoms with Crippen LogP contribution in [0.5, 0.6) is 0 Å². The summed E-state index contributed by atoms with van der Waals surface area (Å²) in [5.74, 6) is -0.0357. The van der Waals surface area contributed by atoms with Crippen molar-refractivity contribution in [3.63, 3.8) is 0 Å². The lowest BCUT2D eigenvalue weighted by Crippen LogP contribution is -2.10. The average molecular weight is 273 g/mol. The molecule has 4 nitrogen and oxygen atoms in total. The van der Waals surface area contributed by atoms with Gasteiger partial charge in [-0.2, -0.15) is 0 Å². The van der Waals surface area contributed by atoms with Crippen molar-refractivity contribution in [3.05, 3.63) is 28.5 Å². The molecule has 1 rings (SSSR count). The molecule has 0 fully saturated rings.